The average Bonchev–Trinajstić information content (AvgIpc) is 3.22. The monoisotopic (exact) mass is 588 g/mol. The number of anilines is 1. The van der Waals surface area contributed by atoms with Crippen LogP contribution in [0.2, 0.25) is 0 Å². The van der Waals surface area contributed by atoms with E-state index in [4.69, 9.17) is 4.74 Å². The summed E-state index contributed by atoms with van der Waals surface area (Å²) in [5.74, 6) is -4.64. The minimum Gasteiger partial charge on any atom is -0.478 e. The smallest absolute Gasteiger partial charge is 0.471 e. The number of carbonyl (C=O) groups excluding carboxylic acids is 4. The minimum absolute atomic E-state index is 0.0897. The summed E-state index contributed by atoms with van der Waals surface area (Å²) in [5.41, 5.74) is -1.07. The fraction of sp³-hybridized carbons (Fsp3) is 0.571. The highest BCUT2D eigenvalue weighted by atomic mass is 19.4. The molecule has 1 aromatic rings. The van der Waals surface area contributed by atoms with Crippen molar-refractivity contribution in [1.82, 2.24) is 15.5 Å². The van der Waals surface area contributed by atoms with Crippen LogP contribution in [0.25, 0.3) is 0 Å². The molecular formula is C28H31F3N6O5. The van der Waals surface area contributed by atoms with Gasteiger partial charge in [0.15, 0.2) is 6.10 Å². The van der Waals surface area contributed by atoms with Crippen LogP contribution < -0.4 is 20.7 Å². The molecule has 0 radical (unpaired) electrons. The van der Waals surface area contributed by atoms with Gasteiger partial charge in [-0.05, 0) is 34.8 Å². The quantitative estimate of drug-likeness (QED) is 0.459. The molecule has 2 heterocycles. The molecule has 0 aromatic heterocycles. The number of nitrogens with one attached hydrogen (secondary N) is 3. The van der Waals surface area contributed by atoms with Crippen LogP contribution in [0, 0.1) is 45.3 Å². The molecule has 224 valence electrons. The van der Waals surface area contributed by atoms with E-state index in [1.54, 1.807) is 17.4 Å². The first-order valence-electron chi connectivity index (χ1n) is 13.3. The summed E-state index contributed by atoms with van der Waals surface area (Å²) in [6.07, 6.45) is -6.64. The molecule has 1 saturated heterocycles. The van der Waals surface area contributed by atoms with Crippen LogP contribution in [-0.4, -0.2) is 65.5 Å². The number of likely N-dealkylation sites (tertiary alicyclic amines) is 1. The van der Waals surface area contributed by atoms with Crippen LogP contribution in [-0.2, 0) is 19.2 Å². The lowest BCUT2D eigenvalue weighted by atomic mass is 9.85. The molecule has 3 N–H and O–H groups in total. The van der Waals surface area contributed by atoms with E-state index in [0.717, 1.165) is 0 Å². The van der Waals surface area contributed by atoms with Gasteiger partial charge in [-0.25, -0.2) is 0 Å². The van der Waals surface area contributed by atoms with Crippen LogP contribution in [0.15, 0.2) is 18.2 Å². The Morgan fingerprint density at radius 2 is 1.86 bits per heavy atom. The van der Waals surface area contributed by atoms with Gasteiger partial charge in [-0.1, -0.05) is 40.7 Å². The number of halogens is 3. The first kappa shape index (κ1) is 30.6. The number of piperidine rings is 1. The first-order chi connectivity index (χ1) is 19.4. The van der Waals surface area contributed by atoms with Gasteiger partial charge >= 0.3 is 12.1 Å². The molecule has 14 heteroatoms. The number of hydrogen-bond acceptors (Lipinski definition) is 7. The third-order valence-corrected chi connectivity index (χ3v) is 8.28. The molecule has 11 nitrogen and oxygen atoms in total. The highest BCUT2D eigenvalue weighted by Gasteiger charge is 2.70. The summed E-state index contributed by atoms with van der Waals surface area (Å²) >= 11 is 0. The predicted octanol–water partition coefficient (Wildman–Crippen LogP) is 2.23. The predicted molar refractivity (Wildman–Crippen MR) is 140 cm³/mol. The Kier molecular flexibility index (Phi) is 7.65. The van der Waals surface area contributed by atoms with E-state index in [2.05, 4.69) is 10.6 Å². The highest BCUT2D eigenvalue weighted by molar-refractivity contribution is 5.99. The molecule has 0 unspecified atom stereocenters. The summed E-state index contributed by atoms with van der Waals surface area (Å²) in [5, 5.41) is 26.0. The molecule has 0 bridgehead atoms. The number of nitriles is 2. The van der Waals surface area contributed by atoms with E-state index in [1.807, 2.05) is 26.0 Å². The van der Waals surface area contributed by atoms with Gasteiger partial charge in [0.05, 0.1) is 11.6 Å². The van der Waals surface area contributed by atoms with Gasteiger partial charge in [0.1, 0.15) is 35.6 Å². The number of alkyl halides is 3. The van der Waals surface area contributed by atoms with E-state index in [1.165, 1.54) is 31.7 Å². The van der Waals surface area contributed by atoms with Crippen molar-refractivity contribution in [1.29, 1.82) is 10.5 Å². The van der Waals surface area contributed by atoms with Crippen molar-refractivity contribution in [3.05, 3.63) is 23.8 Å². The van der Waals surface area contributed by atoms with Crippen LogP contribution in [0.1, 0.15) is 46.6 Å². The van der Waals surface area contributed by atoms with Crippen molar-refractivity contribution in [3.8, 4) is 17.9 Å². The lowest BCUT2D eigenvalue weighted by Crippen LogP contribution is -2.61. The third-order valence-electron chi connectivity index (χ3n) is 8.28. The lowest BCUT2D eigenvalue weighted by molar-refractivity contribution is -0.176. The van der Waals surface area contributed by atoms with Gasteiger partial charge in [-0.2, -0.15) is 23.7 Å². The van der Waals surface area contributed by atoms with Crippen molar-refractivity contribution in [2.24, 2.45) is 22.7 Å². The van der Waals surface area contributed by atoms with Crippen LogP contribution in [0.4, 0.5) is 18.9 Å². The zero-order valence-corrected chi connectivity index (χ0v) is 23.6. The summed E-state index contributed by atoms with van der Waals surface area (Å²) in [6, 6.07) is 4.57. The maximum absolute atomic E-state index is 13.6. The van der Waals surface area contributed by atoms with Crippen molar-refractivity contribution < 1.29 is 37.1 Å². The number of nitrogens with zero attached hydrogens (tertiary/aromatic N) is 3. The number of benzene rings is 1. The van der Waals surface area contributed by atoms with Crippen LogP contribution >= 0.6 is 0 Å². The number of rotatable bonds is 6. The van der Waals surface area contributed by atoms with Crippen molar-refractivity contribution >= 4 is 29.3 Å². The Hall–Kier alpha value is -4.33. The Labute approximate surface area is 240 Å². The molecule has 1 aliphatic carbocycles. The zero-order valence-electron chi connectivity index (χ0n) is 23.6. The number of amides is 4. The summed E-state index contributed by atoms with van der Waals surface area (Å²) in [7, 11) is 0. The standard InChI is InChI=1S/C28H31F3N6O5/c1-26(2,3)21(36-25(41)28(29,30)31)24(40)37-12-15-18(27(15,4)5)20(37)23(39)34-14(11-33)9-17-22(38)35-19-13(10-32)7-6-8-16(19)42-17/h6-8,14-15,17-18,20-21H,9,12H2,1-5H3,(H,34,39)(H,35,38)(H,36,41)/t14-,15-,17-,18-,20-,21+/m0/s1. The molecule has 1 saturated carbocycles. The van der Waals surface area contributed by atoms with Gasteiger partial charge < -0.3 is 25.6 Å². The largest absolute Gasteiger partial charge is 0.478 e. The molecule has 6 atom stereocenters. The third kappa shape index (κ3) is 5.58. The number of para-hydroxylation sites is 1. The van der Waals surface area contributed by atoms with Crippen molar-refractivity contribution in [2.45, 2.75) is 71.4 Å². The number of hydrogen-bond donors (Lipinski definition) is 3. The highest BCUT2D eigenvalue weighted by Crippen LogP contribution is 2.65. The van der Waals surface area contributed by atoms with Crippen LogP contribution in [0.3, 0.4) is 0 Å². The molecule has 4 amide bonds. The summed E-state index contributed by atoms with van der Waals surface area (Å²) < 4.78 is 44.9. The fourth-order valence-electron chi connectivity index (χ4n) is 5.87. The van der Waals surface area contributed by atoms with Crippen molar-refractivity contribution in [3.63, 3.8) is 0 Å². The second kappa shape index (κ2) is 10.5. The van der Waals surface area contributed by atoms with Gasteiger partial charge in [0.25, 0.3) is 5.91 Å². The molecule has 1 aromatic carbocycles. The Morgan fingerprint density at radius 3 is 2.43 bits per heavy atom. The second-order valence-electron chi connectivity index (χ2n) is 12.5. The van der Waals surface area contributed by atoms with Gasteiger partial charge in [-0.15, -0.1) is 0 Å². The van der Waals surface area contributed by atoms with Gasteiger partial charge in [-0.3, -0.25) is 19.2 Å². The zero-order chi connectivity index (χ0) is 31.4. The van der Waals surface area contributed by atoms with Crippen molar-refractivity contribution in [2.75, 3.05) is 11.9 Å². The SMILES string of the molecule is CC(C)(C)[C@H](NC(=O)C(F)(F)F)C(=O)N1C[C@H]2[C@@H]([C@H]1C(=O)N[C@H](C#N)C[C@@H]1Oc3cccc(C#N)c3NC1=O)C2(C)C. The van der Waals surface area contributed by atoms with Gasteiger partial charge in [0.2, 0.25) is 11.8 Å². The number of carbonyl (C=O) groups is 4. The minimum atomic E-state index is -5.21. The Bertz CT molecular complexity index is 1410. The van der Waals surface area contributed by atoms with Crippen LogP contribution in [0.5, 0.6) is 5.75 Å². The Balaban J connectivity index is 1.52. The van der Waals surface area contributed by atoms with E-state index in [-0.39, 0.29) is 47.2 Å². The lowest BCUT2D eigenvalue weighted by Gasteiger charge is -2.38. The molecular weight excluding hydrogens is 557 g/mol. The summed E-state index contributed by atoms with van der Waals surface area (Å²) in [6.45, 7) is 8.41. The van der Waals surface area contributed by atoms with E-state index in [9.17, 15) is 42.9 Å². The number of ether oxygens (including phenoxy) is 1. The van der Waals surface area contributed by atoms with E-state index < -0.39 is 59.4 Å². The first-order valence-corrected chi connectivity index (χ1v) is 13.3. The normalized spacial score (nSPS) is 25.3. The number of fused-ring (bicyclic) bond motifs is 2. The van der Waals surface area contributed by atoms with Gasteiger partial charge in [0, 0.05) is 13.0 Å². The van der Waals surface area contributed by atoms with E-state index in [0.29, 0.717) is 0 Å². The molecule has 2 aliphatic heterocycles. The molecule has 2 fully saturated rings. The molecule has 42 heavy (non-hydrogen) atoms. The van der Waals surface area contributed by atoms with E-state index >= 15 is 0 Å². The average molecular weight is 589 g/mol. The fourth-order valence-corrected chi connectivity index (χ4v) is 5.87. The summed E-state index contributed by atoms with van der Waals surface area (Å²) in [4.78, 5) is 52.9. The molecule has 4 rings (SSSR count). The molecule has 0 spiro atoms. The maximum Gasteiger partial charge on any atom is 0.471 e. The topological polar surface area (TPSA) is 164 Å². The Morgan fingerprint density at radius 1 is 1.19 bits per heavy atom. The molecule has 3 aliphatic rings. The second-order valence-corrected chi connectivity index (χ2v) is 12.5. The maximum atomic E-state index is 13.6.